The summed E-state index contributed by atoms with van der Waals surface area (Å²) in [6.07, 6.45) is 1.51. The number of halogens is 1. The van der Waals surface area contributed by atoms with Gasteiger partial charge in [-0.15, -0.1) is 0 Å². The molecule has 0 aliphatic rings. The number of anilines is 1. The van der Waals surface area contributed by atoms with Crippen LogP contribution in [0.3, 0.4) is 0 Å². The van der Waals surface area contributed by atoms with E-state index in [4.69, 9.17) is 5.73 Å². The van der Waals surface area contributed by atoms with Crippen LogP contribution in [0.25, 0.3) is 11.2 Å². The summed E-state index contributed by atoms with van der Waals surface area (Å²) in [6.45, 7) is 2.69. The van der Waals surface area contributed by atoms with E-state index in [1.54, 1.807) is 12.1 Å². The molecule has 0 saturated heterocycles. The zero-order valence-electron chi connectivity index (χ0n) is 12.2. The molecular formula is C15H18FN5. The van der Waals surface area contributed by atoms with Gasteiger partial charge in [-0.25, -0.2) is 9.37 Å². The summed E-state index contributed by atoms with van der Waals surface area (Å²) in [7, 11) is 1.89. The number of fused-ring (bicyclic) bond motifs is 1. The Hall–Kier alpha value is -2.37. The van der Waals surface area contributed by atoms with Crippen LogP contribution in [-0.4, -0.2) is 19.3 Å². The van der Waals surface area contributed by atoms with Crippen molar-refractivity contribution >= 4 is 17.1 Å². The lowest BCUT2D eigenvalue weighted by atomic mass is 10.1. The molecule has 110 valence electrons. The average Bonchev–Trinajstić information content (AvgIpc) is 2.94. The van der Waals surface area contributed by atoms with Gasteiger partial charge in [-0.3, -0.25) is 9.25 Å². The van der Waals surface area contributed by atoms with E-state index < -0.39 is 0 Å². The third-order valence-corrected chi connectivity index (χ3v) is 3.67. The van der Waals surface area contributed by atoms with E-state index in [-0.39, 0.29) is 5.82 Å². The Morgan fingerprint density at radius 1 is 1.33 bits per heavy atom. The van der Waals surface area contributed by atoms with Crippen LogP contribution in [0.5, 0.6) is 0 Å². The summed E-state index contributed by atoms with van der Waals surface area (Å²) < 4.78 is 17.0. The van der Waals surface area contributed by atoms with Gasteiger partial charge in [0.15, 0.2) is 5.65 Å². The van der Waals surface area contributed by atoms with Crippen LogP contribution in [0.4, 0.5) is 10.3 Å². The van der Waals surface area contributed by atoms with Crippen molar-refractivity contribution in [3.63, 3.8) is 0 Å². The Balaban J connectivity index is 1.93. The van der Waals surface area contributed by atoms with E-state index in [9.17, 15) is 4.39 Å². The maximum atomic E-state index is 13.2. The number of nitrogen functional groups attached to an aromatic ring is 1. The molecule has 2 N–H and O–H groups in total. The number of imidazole rings is 1. The van der Waals surface area contributed by atoms with E-state index in [1.165, 1.54) is 6.07 Å². The Kier molecular flexibility index (Phi) is 3.37. The van der Waals surface area contributed by atoms with E-state index in [1.807, 2.05) is 29.3 Å². The summed E-state index contributed by atoms with van der Waals surface area (Å²) in [5.74, 6) is 0.258. The van der Waals surface area contributed by atoms with Crippen molar-refractivity contribution in [2.24, 2.45) is 7.05 Å². The lowest BCUT2D eigenvalue weighted by Gasteiger charge is -2.07. The highest BCUT2D eigenvalue weighted by atomic mass is 19.1. The molecule has 0 bridgehead atoms. The SMILES string of the molecule is CCc1nn(C)c2c1nc(N)n2CCc1cccc(F)c1. The number of hydrogen-bond acceptors (Lipinski definition) is 3. The molecule has 0 radical (unpaired) electrons. The first-order valence-electron chi connectivity index (χ1n) is 7.02. The second kappa shape index (κ2) is 5.20. The quantitative estimate of drug-likeness (QED) is 0.801. The molecular weight excluding hydrogens is 269 g/mol. The zero-order valence-corrected chi connectivity index (χ0v) is 12.2. The number of nitrogens with two attached hydrogens (primary N) is 1. The van der Waals surface area contributed by atoms with Crippen molar-refractivity contribution < 1.29 is 4.39 Å². The minimum absolute atomic E-state index is 0.218. The molecule has 0 amide bonds. The van der Waals surface area contributed by atoms with E-state index in [2.05, 4.69) is 10.1 Å². The predicted molar refractivity (Wildman–Crippen MR) is 80.4 cm³/mol. The molecule has 0 saturated carbocycles. The van der Waals surface area contributed by atoms with Crippen molar-refractivity contribution in [2.45, 2.75) is 26.3 Å². The molecule has 0 unspecified atom stereocenters. The van der Waals surface area contributed by atoms with Crippen LogP contribution in [0.15, 0.2) is 24.3 Å². The molecule has 0 spiro atoms. The van der Waals surface area contributed by atoms with Crippen LogP contribution >= 0.6 is 0 Å². The van der Waals surface area contributed by atoms with Gasteiger partial charge in [0.1, 0.15) is 11.3 Å². The Morgan fingerprint density at radius 2 is 2.14 bits per heavy atom. The molecule has 3 aromatic rings. The smallest absolute Gasteiger partial charge is 0.202 e. The van der Waals surface area contributed by atoms with Crippen LogP contribution in [0.2, 0.25) is 0 Å². The number of benzene rings is 1. The third kappa shape index (κ3) is 2.37. The number of aryl methyl sites for hydroxylation is 4. The van der Waals surface area contributed by atoms with Crippen molar-refractivity contribution in [1.29, 1.82) is 0 Å². The summed E-state index contributed by atoms with van der Waals surface area (Å²) in [5, 5.41) is 4.46. The average molecular weight is 287 g/mol. The predicted octanol–water partition coefficient (Wildman–Crippen LogP) is 2.30. The first-order valence-corrected chi connectivity index (χ1v) is 7.02. The van der Waals surface area contributed by atoms with Crippen LogP contribution in [-0.2, 0) is 26.4 Å². The van der Waals surface area contributed by atoms with Crippen molar-refractivity contribution in [3.8, 4) is 0 Å². The number of rotatable bonds is 4. The normalized spacial score (nSPS) is 11.4. The molecule has 5 nitrogen and oxygen atoms in total. The Bertz CT molecular complexity index is 787. The monoisotopic (exact) mass is 287 g/mol. The van der Waals surface area contributed by atoms with Crippen molar-refractivity contribution in [3.05, 3.63) is 41.3 Å². The molecule has 2 aromatic heterocycles. The Labute approximate surface area is 122 Å². The molecule has 2 heterocycles. The molecule has 1 aromatic carbocycles. The molecule has 0 aliphatic heterocycles. The van der Waals surface area contributed by atoms with Gasteiger partial charge in [0.25, 0.3) is 0 Å². The minimum Gasteiger partial charge on any atom is -0.369 e. The summed E-state index contributed by atoms with van der Waals surface area (Å²) >= 11 is 0. The van der Waals surface area contributed by atoms with E-state index >= 15 is 0 Å². The van der Waals surface area contributed by atoms with Crippen LogP contribution in [0, 0.1) is 5.82 Å². The first kappa shape index (κ1) is 13.6. The van der Waals surface area contributed by atoms with Gasteiger partial charge in [0.05, 0.1) is 5.69 Å². The largest absolute Gasteiger partial charge is 0.369 e. The fourth-order valence-corrected chi connectivity index (χ4v) is 2.65. The number of hydrogen-bond donors (Lipinski definition) is 1. The summed E-state index contributed by atoms with van der Waals surface area (Å²) in [5.41, 5.74) is 9.68. The topological polar surface area (TPSA) is 61.7 Å². The maximum Gasteiger partial charge on any atom is 0.202 e. The van der Waals surface area contributed by atoms with Gasteiger partial charge in [0.2, 0.25) is 5.95 Å². The van der Waals surface area contributed by atoms with Gasteiger partial charge in [-0.1, -0.05) is 19.1 Å². The Morgan fingerprint density at radius 3 is 2.86 bits per heavy atom. The standard InChI is InChI=1S/C15H18FN5/c1-3-12-13-14(20(2)19-12)21(15(17)18-13)8-7-10-5-4-6-11(16)9-10/h4-6,9H,3,7-8H2,1-2H3,(H2,17,18). The molecule has 21 heavy (non-hydrogen) atoms. The molecule has 0 atom stereocenters. The molecule has 0 fully saturated rings. The maximum absolute atomic E-state index is 13.2. The minimum atomic E-state index is -0.218. The highest BCUT2D eigenvalue weighted by Crippen LogP contribution is 2.21. The van der Waals surface area contributed by atoms with Crippen molar-refractivity contribution in [2.75, 3.05) is 5.73 Å². The third-order valence-electron chi connectivity index (χ3n) is 3.67. The second-order valence-corrected chi connectivity index (χ2v) is 5.10. The van der Waals surface area contributed by atoms with Crippen LogP contribution in [0.1, 0.15) is 18.2 Å². The fourth-order valence-electron chi connectivity index (χ4n) is 2.65. The fraction of sp³-hybridized carbons (Fsp3) is 0.333. The van der Waals surface area contributed by atoms with E-state index in [0.717, 1.165) is 28.8 Å². The van der Waals surface area contributed by atoms with Gasteiger partial charge in [-0.05, 0) is 30.5 Å². The highest BCUT2D eigenvalue weighted by Gasteiger charge is 2.16. The number of aromatic nitrogens is 4. The van der Waals surface area contributed by atoms with E-state index in [0.29, 0.717) is 18.9 Å². The molecule has 6 heteroatoms. The van der Waals surface area contributed by atoms with Crippen molar-refractivity contribution in [1.82, 2.24) is 19.3 Å². The van der Waals surface area contributed by atoms with Gasteiger partial charge >= 0.3 is 0 Å². The second-order valence-electron chi connectivity index (χ2n) is 5.10. The lowest BCUT2D eigenvalue weighted by molar-refractivity contribution is 0.621. The lowest BCUT2D eigenvalue weighted by Crippen LogP contribution is -2.09. The zero-order chi connectivity index (χ0) is 15.0. The summed E-state index contributed by atoms with van der Waals surface area (Å²) in [4.78, 5) is 4.42. The molecule has 0 aliphatic carbocycles. The highest BCUT2D eigenvalue weighted by molar-refractivity contribution is 5.77. The summed E-state index contributed by atoms with van der Waals surface area (Å²) in [6, 6.07) is 6.62. The first-order chi connectivity index (χ1) is 10.1. The molecule has 3 rings (SSSR count). The van der Waals surface area contributed by atoms with Gasteiger partial charge in [0, 0.05) is 13.6 Å². The number of nitrogens with zero attached hydrogens (tertiary/aromatic N) is 4. The van der Waals surface area contributed by atoms with Crippen LogP contribution < -0.4 is 5.73 Å². The van der Waals surface area contributed by atoms with Gasteiger partial charge in [-0.2, -0.15) is 5.10 Å². The van der Waals surface area contributed by atoms with Gasteiger partial charge < -0.3 is 5.73 Å².